The van der Waals surface area contributed by atoms with Crippen molar-refractivity contribution in [1.82, 2.24) is 5.32 Å². The molecule has 0 saturated carbocycles. The molecule has 1 aliphatic carbocycles. The van der Waals surface area contributed by atoms with Crippen molar-refractivity contribution < 1.29 is 4.74 Å². The van der Waals surface area contributed by atoms with Crippen LogP contribution in [0.15, 0.2) is 10.5 Å². The molecule has 0 fully saturated rings. The van der Waals surface area contributed by atoms with E-state index < -0.39 is 0 Å². The van der Waals surface area contributed by atoms with Gasteiger partial charge in [-0.05, 0) is 56.3 Å². The number of fused-ring (bicyclic) bond motifs is 1. The molecule has 3 heteroatoms. The molecular weight excluding hydrogens is 290 g/mol. The fourth-order valence-electron chi connectivity index (χ4n) is 2.92. The molecule has 2 atom stereocenters. The number of methoxy groups -OCH3 is 1. The molecule has 1 aliphatic rings. The monoisotopic (exact) mass is 311 g/mol. The molecule has 1 aromatic carbocycles. The third-order valence-corrected chi connectivity index (χ3v) is 5.05. The molecule has 1 N–H and O–H groups in total. The van der Waals surface area contributed by atoms with Crippen LogP contribution in [0.4, 0.5) is 0 Å². The van der Waals surface area contributed by atoms with E-state index in [0.29, 0.717) is 6.04 Å². The highest BCUT2D eigenvalue weighted by molar-refractivity contribution is 9.10. The maximum Gasteiger partial charge on any atom is 0.122 e. The Hall–Kier alpha value is -0.540. The standard InChI is InChI=1S/C15H22BrNO/c1-9-5-6-11-13(18-4)8-10(2)15(16)14(11)12(7-9)17-3/h8-9,12,17H,5-7H2,1-4H3. The van der Waals surface area contributed by atoms with Gasteiger partial charge in [0.1, 0.15) is 5.75 Å². The predicted molar refractivity (Wildman–Crippen MR) is 79.3 cm³/mol. The molecule has 2 nitrogen and oxygen atoms in total. The van der Waals surface area contributed by atoms with E-state index in [1.54, 1.807) is 7.11 Å². The molecule has 18 heavy (non-hydrogen) atoms. The SMILES string of the molecule is CNC1CC(C)CCc2c(OC)cc(C)c(Br)c21. The summed E-state index contributed by atoms with van der Waals surface area (Å²) < 4.78 is 6.83. The average molecular weight is 312 g/mol. The van der Waals surface area contributed by atoms with Crippen molar-refractivity contribution in [2.24, 2.45) is 5.92 Å². The molecule has 2 rings (SSSR count). The molecule has 100 valence electrons. The number of hydrogen-bond donors (Lipinski definition) is 1. The van der Waals surface area contributed by atoms with E-state index in [1.807, 2.05) is 7.05 Å². The minimum absolute atomic E-state index is 0.417. The van der Waals surface area contributed by atoms with Gasteiger partial charge in [0.25, 0.3) is 0 Å². The third-order valence-electron chi connectivity index (χ3n) is 3.99. The molecule has 0 aliphatic heterocycles. The van der Waals surface area contributed by atoms with E-state index in [2.05, 4.69) is 41.2 Å². The highest BCUT2D eigenvalue weighted by Gasteiger charge is 2.26. The van der Waals surface area contributed by atoms with Crippen LogP contribution < -0.4 is 10.1 Å². The Bertz CT molecular complexity index is 445. The number of hydrogen-bond acceptors (Lipinski definition) is 2. The van der Waals surface area contributed by atoms with E-state index in [-0.39, 0.29) is 0 Å². The van der Waals surface area contributed by atoms with E-state index >= 15 is 0 Å². The first kappa shape index (κ1) is 13.9. The van der Waals surface area contributed by atoms with Crippen LogP contribution in [0.1, 0.15) is 42.5 Å². The largest absolute Gasteiger partial charge is 0.496 e. The molecule has 0 bridgehead atoms. The van der Waals surface area contributed by atoms with Gasteiger partial charge in [-0.25, -0.2) is 0 Å². The minimum Gasteiger partial charge on any atom is -0.496 e. The van der Waals surface area contributed by atoms with E-state index in [1.165, 1.54) is 34.0 Å². The van der Waals surface area contributed by atoms with Gasteiger partial charge in [-0.3, -0.25) is 0 Å². The normalized spacial score (nSPS) is 23.4. The van der Waals surface area contributed by atoms with E-state index in [4.69, 9.17) is 4.74 Å². The maximum atomic E-state index is 5.58. The van der Waals surface area contributed by atoms with Crippen molar-refractivity contribution in [2.45, 2.75) is 39.2 Å². The van der Waals surface area contributed by atoms with Gasteiger partial charge in [-0.1, -0.05) is 22.9 Å². The lowest BCUT2D eigenvalue weighted by Gasteiger charge is -2.22. The van der Waals surface area contributed by atoms with Crippen molar-refractivity contribution in [3.8, 4) is 5.75 Å². The van der Waals surface area contributed by atoms with Crippen LogP contribution in [0, 0.1) is 12.8 Å². The van der Waals surface area contributed by atoms with Crippen molar-refractivity contribution >= 4 is 15.9 Å². The van der Waals surface area contributed by atoms with Gasteiger partial charge in [-0.2, -0.15) is 0 Å². The Labute approximate surface area is 118 Å². The summed E-state index contributed by atoms with van der Waals surface area (Å²) in [6.07, 6.45) is 3.53. The van der Waals surface area contributed by atoms with Gasteiger partial charge in [-0.15, -0.1) is 0 Å². The van der Waals surface area contributed by atoms with E-state index in [0.717, 1.165) is 18.1 Å². The molecule has 2 unspecified atom stereocenters. The summed E-state index contributed by atoms with van der Waals surface area (Å²) in [5.41, 5.74) is 4.03. The fraction of sp³-hybridized carbons (Fsp3) is 0.600. The second-order valence-corrected chi connectivity index (χ2v) is 6.12. The summed E-state index contributed by atoms with van der Waals surface area (Å²) >= 11 is 3.77. The number of rotatable bonds is 2. The number of ether oxygens (including phenoxy) is 1. The molecule has 0 amide bonds. The lowest BCUT2D eigenvalue weighted by Crippen LogP contribution is -2.19. The van der Waals surface area contributed by atoms with Crippen LogP contribution in [-0.4, -0.2) is 14.2 Å². The average Bonchev–Trinajstić information content (AvgIpc) is 2.53. The summed E-state index contributed by atoms with van der Waals surface area (Å²) in [4.78, 5) is 0. The zero-order valence-corrected chi connectivity index (χ0v) is 13.2. The van der Waals surface area contributed by atoms with Crippen LogP contribution in [-0.2, 0) is 6.42 Å². The third kappa shape index (κ3) is 2.43. The lowest BCUT2D eigenvalue weighted by atomic mass is 9.95. The quantitative estimate of drug-likeness (QED) is 0.834. The second-order valence-electron chi connectivity index (χ2n) is 5.32. The molecule has 0 spiro atoms. The zero-order valence-electron chi connectivity index (χ0n) is 11.6. The Kier molecular flexibility index (Phi) is 4.33. The Morgan fingerprint density at radius 3 is 2.78 bits per heavy atom. The van der Waals surface area contributed by atoms with Crippen LogP contribution in [0.3, 0.4) is 0 Å². The minimum atomic E-state index is 0.417. The van der Waals surface area contributed by atoms with Gasteiger partial charge in [0.05, 0.1) is 7.11 Å². The van der Waals surface area contributed by atoms with Crippen molar-refractivity contribution in [2.75, 3.05) is 14.2 Å². The molecular formula is C15H22BrNO. The first-order valence-corrected chi connectivity index (χ1v) is 7.40. The lowest BCUT2D eigenvalue weighted by molar-refractivity contribution is 0.407. The van der Waals surface area contributed by atoms with Crippen LogP contribution in [0.5, 0.6) is 5.75 Å². The molecule has 1 aromatic rings. The summed E-state index contributed by atoms with van der Waals surface area (Å²) in [5, 5.41) is 3.46. The molecule has 0 aromatic heterocycles. The van der Waals surface area contributed by atoms with Crippen molar-refractivity contribution in [3.63, 3.8) is 0 Å². The molecule has 0 saturated heterocycles. The zero-order chi connectivity index (χ0) is 13.3. The first-order valence-electron chi connectivity index (χ1n) is 6.61. The fourth-order valence-corrected chi connectivity index (χ4v) is 3.55. The Balaban J connectivity index is 2.61. The number of nitrogens with one attached hydrogen (secondary N) is 1. The summed E-state index contributed by atoms with van der Waals surface area (Å²) in [5.74, 6) is 1.78. The highest BCUT2D eigenvalue weighted by Crippen LogP contribution is 2.41. The first-order chi connectivity index (χ1) is 8.58. The predicted octanol–water partition coefficient (Wildman–Crippen LogP) is 4.00. The summed E-state index contributed by atoms with van der Waals surface area (Å²) in [7, 11) is 3.82. The summed E-state index contributed by atoms with van der Waals surface area (Å²) in [6.45, 7) is 4.47. The van der Waals surface area contributed by atoms with E-state index in [9.17, 15) is 0 Å². The molecule has 0 heterocycles. The van der Waals surface area contributed by atoms with Crippen LogP contribution in [0.2, 0.25) is 0 Å². The molecule has 0 radical (unpaired) electrons. The van der Waals surface area contributed by atoms with Crippen LogP contribution in [0.25, 0.3) is 0 Å². The number of benzene rings is 1. The van der Waals surface area contributed by atoms with Gasteiger partial charge >= 0.3 is 0 Å². The van der Waals surface area contributed by atoms with Crippen LogP contribution >= 0.6 is 15.9 Å². The van der Waals surface area contributed by atoms with Gasteiger partial charge < -0.3 is 10.1 Å². The Morgan fingerprint density at radius 2 is 2.17 bits per heavy atom. The summed E-state index contributed by atoms with van der Waals surface area (Å²) in [6, 6.07) is 2.56. The van der Waals surface area contributed by atoms with Crippen molar-refractivity contribution in [1.29, 1.82) is 0 Å². The number of halogens is 1. The number of aryl methyl sites for hydroxylation is 1. The smallest absolute Gasteiger partial charge is 0.122 e. The highest BCUT2D eigenvalue weighted by atomic mass is 79.9. The maximum absolute atomic E-state index is 5.58. The van der Waals surface area contributed by atoms with Gasteiger partial charge in [0.15, 0.2) is 0 Å². The van der Waals surface area contributed by atoms with Crippen molar-refractivity contribution in [3.05, 3.63) is 27.2 Å². The van der Waals surface area contributed by atoms with Gasteiger partial charge in [0, 0.05) is 16.1 Å². The Morgan fingerprint density at radius 1 is 1.44 bits per heavy atom. The second kappa shape index (κ2) is 5.62. The van der Waals surface area contributed by atoms with Gasteiger partial charge in [0.2, 0.25) is 0 Å². The topological polar surface area (TPSA) is 21.3 Å².